The fourth-order valence-electron chi connectivity index (χ4n) is 1.26. The second-order valence-corrected chi connectivity index (χ2v) is 4.33. The molecule has 100 valence electrons. The molecule has 0 aliphatic rings. The number of hydrogen-bond donors (Lipinski definition) is 3. The zero-order chi connectivity index (χ0) is 13.5. The Hall–Kier alpha value is -1.01. The first-order valence-electron chi connectivity index (χ1n) is 5.27. The van der Waals surface area contributed by atoms with Crippen LogP contribution in [0.1, 0.15) is 6.42 Å². The second kappa shape index (κ2) is 7.43. The van der Waals surface area contributed by atoms with Gasteiger partial charge in [0, 0.05) is 5.02 Å². The molecular weight excluding hydrogens is 279 g/mol. The fraction of sp³-hybridized carbons (Fsp3) is 0.364. The van der Waals surface area contributed by atoms with Crippen LogP contribution in [0.3, 0.4) is 0 Å². The van der Waals surface area contributed by atoms with Gasteiger partial charge in [-0.25, -0.2) is 0 Å². The maximum atomic E-state index is 11.6. The van der Waals surface area contributed by atoms with Crippen LogP contribution in [0.25, 0.3) is 0 Å². The molecule has 0 bridgehead atoms. The number of nitrogen functional groups attached to an aromatic ring is 1. The molecule has 18 heavy (non-hydrogen) atoms. The average molecular weight is 293 g/mol. The quantitative estimate of drug-likeness (QED) is 0.552. The van der Waals surface area contributed by atoms with Gasteiger partial charge in [0.15, 0.2) is 0 Å². The molecule has 4 N–H and O–H groups in total. The van der Waals surface area contributed by atoms with Crippen molar-refractivity contribution in [3.05, 3.63) is 22.2 Å². The van der Waals surface area contributed by atoms with E-state index in [0.29, 0.717) is 16.4 Å². The molecule has 0 saturated heterocycles. The number of aliphatic hydroxyl groups is 1. The van der Waals surface area contributed by atoms with E-state index in [1.807, 2.05) is 0 Å². The molecule has 0 radical (unpaired) electrons. The largest absolute Gasteiger partial charge is 0.397 e. The van der Waals surface area contributed by atoms with Gasteiger partial charge in [0.05, 0.1) is 42.6 Å². The van der Waals surface area contributed by atoms with Crippen LogP contribution in [0, 0.1) is 0 Å². The van der Waals surface area contributed by atoms with Crippen molar-refractivity contribution in [3.8, 4) is 0 Å². The van der Waals surface area contributed by atoms with Gasteiger partial charge in [0.1, 0.15) is 0 Å². The van der Waals surface area contributed by atoms with E-state index in [2.05, 4.69) is 5.32 Å². The number of amides is 1. The van der Waals surface area contributed by atoms with Crippen molar-refractivity contribution in [2.45, 2.75) is 6.42 Å². The van der Waals surface area contributed by atoms with Crippen LogP contribution in [-0.4, -0.2) is 30.8 Å². The first kappa shape index (κ1) is 15.0. The van der Waals surface area contributed by atoms with E-state index in [9.17, 15) is 4.79 Å². The van der Waals surface area contributed by atoms with E-state index in [1.165, 1.54) is 12.1 Å². The molecule has 1 aromatic carbocycles. The van der Waals surface area contributed by atoms with E-state index in [-0.39, 0.29) is 37.2 Å². The van der Waals surface area contributed by atoms with Crippen molar-refractivity contribution in [1.82, 2.24) is 0 Å². The molecule has 0 aliphatic carbocycles. The van der Waals surface area contributed by atoms with Gasteiger partial charge in [0.25, 0.3) is 0 Å². The highest BCUT2D eigenvalue weighted by molar-refractivity contribution is 6.37. The van der Waals surface area contributed by atoms with Crippen LogP contribution in [-0.2, 0) is 9.53 Å². The molecule has 0 heterocycles. The van der Waals surface area contributed by atoms with Crippen molar-refractivity contribution < 1.29 is 14.6 Å². The Bertz CT molecular complexity index is 404. The summed E-state index contributed by atoms with van der Waals surface area (Å²) in [7, 11) is 0. The van der Waals surface area contributed by atoms with Gasteiger partial charge < -0.3 is 20.9 Å². The van der Waals surface area contributed by atoms with Crippen molar-refractivity contribution in [2.75, 3.05) is 30.9 Å². The minimum absolute atomic E-state index is 0.0718. The van der Waals surface area contributed by atoms with Gasteiger partial charge in [-0.15, -0.1) is 0 Å². The predicted molar refractivity (Wildman–Crippen MR) is 72.0 cm³/mol. The minimum Gasteiger partial charge on any atom is -0.397 e. The van der Waals surface area contributed by atoms with Crippen molar-refractivity contribution in [3.63, 3.8) is 0 Å². The van der Waals surface area contributed by atoms with E-state index in [4.69, 9.17) is 38.8 Å². The molecule has 0 aliphatic heterocycles. The molecule has 1 rings (SSSR count). The number of nitrogens with two attached hydrogens (primary N) is 1. The van der Waals surface area contributed by atoms with Crippen LogP contribution in [0.4, 0.5) is 11.4 Å². The third-order valence-electron chi connectivity index (χ3n) is 2.06. The summed E-state index contributed by atoms with van der Waals surface area (Å²) in [6, 6.07) is 3.00. The van der Waals surface area contributed by atoms with Gasteiger partial charge in [-0.3, -0.25) is 4.79 Å². The molecule has 5 nitrogen and oxygen atoms in total. The standard InChI is InChI=1S/C11H14Cl2N2O3/c12-7-5-8(13)11(9(14)6-7)15-10(17)1-3-18-4-2-16/h5-6,16H,1-4,14H2,(H,15,17). The number of benzene rings is 1. The number of halogens is 2. The van der Waals surface area contributed by atoms with E-state index in [1.54, 1.807) is 0 Å². The Labute approximate surface area is 115 Å². The lowest BCUT2D eigenvalue weighted by atomic mass is 10.2. The maximum Gasteiger partial charge on any atom is 0.226 e. The topological polar surface area (TPSA) is 84.6 Å². The maximum absolute atomic E-state index is 11.6. The van der Waals surface area contributed by atoms with Crippen molar-refractivity contribution >= 4 is 40.5 Å². The highest BCUT2D eigenvalue weighted by Crippen LogP contribution is 2.31. The van der Waals surface area contributed by atoms with Crippen LogP contribution in [0.15, 0.2) is 12.1 Å². The van der Waals surface area contributed by atoms with Crippen molar-refractivity contribution in [2.24, 2.45) is 0 Å². The monoisotopic (exact) mass is 292 g/mol. The van der Waals surface area contributed by atoms with Crippen molar-refractivity contribution in [1.29, 1.82) is 0 Å². The smallest absolute Gasteiger partial charge is 0.226 e. The highest BCUT2D eigenvalue weighted by atomic mass is 35.5. The molecule has 0 spiro atoms. The number of carbonyl (C=O) groups excluding carboxylic acids is 1. The number of carbonyl (C=O) groups is 1. The Morgan fingerprint density at radius 2 is 2.11 bits per heavy atom. The summed E-state index contributed by atoms with van der Waals surface area (Å²) in [6.07, 6.45) is 0.151. The highest BCUT2D eigenvalue weighted by Gasteiger charge is 2.10. The van der Waals surface area contributed by atoms with Gasteiger partial charge in [0.2, 0.25) is 5.91 Å². The zero-order valence-corrected chi connectivity index (χ0v) is 11.1. The minimum atomic E-state index is -0.274. The summed E-state index contributed by atoms with van der Waals surface area (Å²) < 4.78 is 4.97. The van der Waals surface area contributed by atoms with E-state index >= 15 is 0 Å². The molecular formula is C11H14Cl2N2O3. The number of aliphatic hydroxyl groups excluding tert-OH is 1. The lowest BCUT2D eigenvalue weighted by molar-refractivity contribution is -0.117. The first-order valence-corrected chi connectivity index (χ1v) is 6.03. The molecule has 0 unspecified atom stereocenters. The summed E-state index contributed by atoms with van der Waals surface area (Å²) in [5.74, 6) is -0.274. The SMILES string of the molecule is Nc1cc(Cl)cc(Cl)c1NC(=O)CCOCCO. The Morgan fingerprint density at radius 1 is 1.39 bits per heavy atom. The van der Waals surface area contributed by atoms with Gasteiger partial charge in [-0.2, -0.15) is 0 Å². The predicted octanol–water partition coefficient (Wildman–Crippen LogP) is 1.91. The molecule has 1 aromatic rings. The van der Waals surface area contributed by atoms with Crippen LogP contribution in [0.2, 0.25) is 10.0 Å². The molecule has 0 aromatic heterocycles. The first-order chi connectivity index (χ1) is 8.54. The van der Waals surface area contributed by atoms with Crippen LogP contribution in [0.5, 0.6) is 0 Å². The Kier molecular flexibility index (Phi) is 6.21. The van der Waals surface area contributed by atoms with E-state index < -0.39 is 0 Å². The third-order valence-corrected chi connectivity index (χ3v) is 2.58. The number of anilines is 2. The van der Waals surface area contributed by atoms with Crippen LogP contribution < -0.4 is 11.1 Å². The number of nitrogens with one attached hydrogen (secondary N) is 1. The van der Waals surface area contributed by atoms with Gasteiger partial charge >= 0.3 is 0 Å². The molecule has 0 fully saturated rings. The second-order valence-electron chi connectivity index (χ2n) is 3.49. The summed E-state index contributed by atoms with van der Waals surface area (Å²) in [4.78, 5) is 11.6. The molecule has 0 saturated carbocycles. The molecule has 0 atom stereocenters. The normalized spacial score (nSPS) is 10.4. The third kappa shape index (κ3) is 4.70. The molecule has 1 amide bonds. The van der Waals surface area contributed by atoms with Gasteiger partial charge in [-0.05, 0) is 12.1 Å². The summed E-state index contributed by atoms with van der Waals surface area (Å²) in [5, 5.41) is 11.8. The lowest BCUT2D eigenvalue weighted by Crippen LogP contribution is -2.16. The average Bonchev–Trinajstić information content (AvgIpc) is 2.29. The van der Waals surface area contributed by atoms with E-state index in [0.717, 1.165) is 0 Å². The van der Waals surface area contributed by atoms with Crippen LogP contribution >= 0.6 is 23.2 Å². The summed E-state index contributed by atoms with van der Waals surface area (Å²) in [5.41, 5.74) is 6.34. The summed E-state index contributed by atoms with van der Waals surface area (Å²) in [6.45, 7) is 0.353. The molecule has 7 heteroatoms. The number of rotatable bonds is 6. The lowest BCUT2D eigenvalue weighted by Gasteiger charge is -2.10. The number of hydrogen-bond acceptors (Lipinski definition) is 4. The Balaban J connectivity index is 2.54. The zero-order valence-electron chi connectivity index (χ0n) is 9.58. The fourth-order valence-corrected chi connectivity index (χ4v) is 1.82. The Morgan fingerprint density at radius 3 is 2.72 bits per heavy atom. The number of ether oxygens (including phenoxy) is 1. The summed E-state index contributed by atoms with van der Waals surface area (Å²) >= 11 is 11.7. The van der Waals surface area contributed by atoms with Gasteiger partial charge in [-0.1, -0.05) is 23.2 Å².